The predicted molar refractivity (Wildman–Crippen MR) is 68.0 cm³/mol. The maximum atomic E-state index is 13.0. The molecule has 2 rings (SSSR count). The Kier molecular flexibility index (Phi) is 3.65. The lowest BCUT2D eigenvalue weighted by Gasteiger charge is -2.16. The van der Waals surface area contributed by atoms with Crippen molar-refractivity contribution in [3.63, 3.8) is 0 Å². The Bertz CT molecular complexity index is 374. The average molecular weight is 286 g/mol. The fraction of sp³-hybridized carbons (Fsp3) is 0.538. The summed E-state index contributed by atoms with van der Waals surface area (Å²) < 4.78 is 13.9. The highest BCUT2D eigenvalue weighted by atomic mass is 79.9. The second-order valence-electron chi connectivity index (χ2n) is 4.69. The molecule has 1 aromatic rings. The summed E-state index contributed by atoms with van der Waals surface area (Å²) in [7, 11) is 0. The highest BCUT2D eigenvalue weighted by Crippen LogP contribution is 2.48. The van der Waals surface area contributed by atoms with E-state index < -0.39 is 0 Å². The summed E-state index contributed by atoms with van der Waals surface area (Å²) in [5.74, 6) is -0.174. The zero-order chi connectivity index (χ0) is 11.6. The van der Waals surface area contributed by atoms with Gasteiger partial charge in [-0.15, -0.1) is 0 Å². The fourth-order valence-corrected chi connectivity index (χ4v) is 2.54. The van der Waals surface area contributed by atoms with Crippen LogP contribution in [0.5, 0.6) is 0 Å². The minimum atomic E-state index is -0.174. The van der Waals surface area contributed by atoms with Gasteiger partial charge in [-0.3, -0.25) is 0 Å². The van der Waals surface area contributed by atoms with E-state index in [9.17, 15) is 4.39 Å². The number of hydrogen-bond acceptors (Lipinski definition) is 1. The Morgan fingerprint density at radius 1 is 1.44 bits per heavy atom. The summed E-state index contributed by atoms with van der Waals surface area (Å²) in [5, 5.41) is 3.41. The molecule has 1 N–H and O–H groups in total. The molecule has 3 heteroatoms. The SMILES string of the molecule is CCNCC1(Cc2ccc(F)cc2Br)CC1. The number of nitrogens with one attached hydrogen (secondary N) is 1. The van der Waals surface area contributed by atoms with Crippen LogP contribution in [0.1, 0.15) is 25.3 Å². The zero-order valence-corrected chi connectivity index (χ0v) is 11.1. The van der Waals surface area contributed by atoms with E-state index in [1.165, 1.54) is 18.4 Å². The Morgan fingerprint density at radius 2 is 2.19 bits per heavy atom. The summed E-state index contributed by atoms with van der Waals surface area (Å²) in [5.41, 5.74) is 1.65. The molecular weight excluding hydrogens is 269 g/mol. The van der Waals surface area contributed by atoms with Gasteiger partial charge in [0.05, 0.1) is 0 Å². The summed E-state index contributed by atoms with van der Waals surface area (Å²) in [6.45, 7) is 4.23. The first-order valence-corrected chi connectivity index (χ1v) is 6.59. The van der Waals surface area contributed by atoms with Crippen LogP contribution in [0.2, 0.25) is 0 Å². The first-order chi connectivity index (χ1) is 7.65. The molecule has 0 amide bonds. The van der Waals surface area contributed by atoms with E-state index in [2.05, 4.69) is 28.2 Å². The molecule has 1 fully saturated rings. The van der Waals surface area contributed by atoms with Crippen molar-refractivity contribution in [1.29, 1.82) is 0 Å². The van der Waals surface area contributed by atoms with Crippen molar-refractivity contribution in [2.24, 2.45) is 5.41 Å². The molecule has 1 nitrogen and oxygen atoms in total. The van der Waals surface area contributed by atoms with E-state index in [0.717, 1.165) is 24.0 Å². The van der Waals surface area contributed by atoms with Crippen LogP contribution in [-0.2, 0) is 6.42 Å². The van der Waals surface area contributed by atoms with E-state index in [1.54, 1.807) is 12.1 Å². The van der Waals surface area contributed by atoms with Crippen molar-refractivity contribution in [1.82, 2.24) is 5.32 Å². The normalized spacial score (nSPS) is 17.4. The number of rotatable bonds is 5. The fourth-order valence-electron chi connectivity index (χ4n) is 2.05. The molecule has 1 aliphatic carbocycles. The van der Waals surface area contributed by atoms with Crippen molar-refractivity contribution in [3.05, 3.63) is 34.1 Å². The molecular formula is C13H17BrFN. The smallest absolute Gasteiger partial charge is 0.124 e. The van der Waals surface area contributed by atoms with Gasteiger partial charge in [-0.2, -0.15) is 0 Å². The van der Waals surface area contributed by atoms with E-state index in [4.69, 9.17) is 0 Å². The van der Waals surface area contributed by atoms with Gasteiger partial charge in [-0.05, 0) is 48.9 Å². The highest BCUT2D eigenvalue weighted by Gasteiger charge is 2.42. The van der Waals surface area contributed by atoms with E-state index in [-0.39, 0.29) is 5.82 Å². The number of benzene rings is 1. The monoisotopic (exact) mass is 285 g/mol. The lowest BCUT2D eigenvalue weighted by molar-refractivity contribution is 0.462. The van der Waals surface area contributed by atoms with Gasteiger partial charge in [0.25, 0.3) is 0 Å². The largest absolute Gasteiger partial charge is 0.316 e. The van der Waals surface area contributed by atoms with Gasteiger partial charge < -0.3 is 5.32 Å². The molecule has 0 aliphatic heterocycles. The van der Waals surface area contributed by atoms with Crippen LogP contribution in [0.25, 0.3) is 0 Å². The third kappa shape index (κ3) is 2.83. The third-order valence-electron chi connectivity index (χ3n) is 3.29. The molecule has 0 atom stereocenters. The van der Waals surface area contributed by atoms with Gasteiger partial charge in [0.15, 0.2) is 0 Å². The quantitative estimate of drug-likeness (QED) is 0.873. The minimum absolute atomic E-state index is 0.174. The van der Waals surface area contributed by atoms with E-state index in [0.29, 0.717) is 5.41 Å². The predicted octanol–water partition coefficient (Wildman–Crippen LogP) is 3.52. The van der Waals surface area contributed by atoms with Gasteiger partial charge in [0.2, 0.25) is 0 Å². The van der Waals surface area contributed by atoms with Crippen molar-refractivity contribution in [3.8, 4) is 0 Å². The molecule has 0 saturated heterocycles. The molecule has 0 spiro atoms. The van der Waals surface area contributed by atoms with Crippen LogP contribution in [0.4, 0.5) is 4.39 Å². The zero-order valence-electron chi connectivity index (χ0n) is 9.52. The summed E-state index contributed by atoms with van der Waals surface area (Å²) in [4.78, 5) is 0. The first kappa shape index (κ1) is 12.1. The Labute approximate surface area is 105 Å². The van der Waals surface area contributed by atoms with E-state index >= 15 is 0 Å². The van der Waals surface area contributed by atoms with Crippen molar-refractivity contribution < 1.29 is 4.39 Å². The van der Waals surface area contributed by atoms with Crippen LogP contribution in [0, 0.1) is 11.2 Å². The first-order valence-electron chi connectivity index (χ1n) is 5.80. The summed E-state index contributed by atoms with van der Waals surface area (Å²) in [6.07, 6.45) is 3.61. The standard InChI is InChI=1S/C13H17BrFN/c1-2-16-9-13(5-6-13)8-10-3-4-11(15)7-12(10)14/h3-4,7,16H,2,5-6,8-9H2,1H3. The lowest BCUT2D eigenvalue weighted by atomic mass is 9.96. The molecule has 1 aliphatic rings. The minimum Gasteiger partial charge on any atom is -0.316 e. The highest BCUT2D eigenvalue weighted by molar-refractivity contribution is 9.10. The molecule has 88 valence electrons. The lowest BCUT2D eigenvalue weighted by Crippen LogP contribution is -2.25. The van der Waals surface area contributed by atoms with E-state index in [1.807, 2.05) is 6.07 Å². The van der Waals surface area contributed by atoms with Gasteiger partial charge in [0, 0.05) is 11.0 Å². The van der Waals surface area contributed by atoms with Gasteiger partial charge in [-0.1, -0.05) is 28.9 Å². The van der Waals surface area contributed by atoms with Crippen LogP contribution >= 0.6 is 15.9 Å². The molecule has 0 aromatic heterocycles. The van der Waals surface area contributed by atoms with Gasteiger partial charge in [-0.25, -0.2) is 4.39 Å². The van der Waals surface area contributed by atoms with Crippen LogP contribution in [0.3, 0.4) is 0 Å². The Morgan fingerprint density at radius 3 is 2.75 bits per heavy atom. The molecule has 0 radical (unpaired) electrons. The maximum absolute atomic E-state index is 13.0. The maximum Gasteiger partial charge on any atom is 0.124 e. The van der Waals surface area contributed by atoms with Crippen molar-refractivity contribution >= 4 is 15.9 Å². The Balaban J connectivity index is 2.03. The second-order valence-corrected chi connectivity index (χ2v) is 5.55. The molecule has 1 saturated carbocycles. The molecule has 16 heavy (non-hydrogen) atoms. The molecule has 0 bridgehead atoms. The van der Waals surface area contributed by atoms with Gasteiger partial charge >= 0.3 is 0 Å². The average Bonchev–Trinajstić information content (AvgIpc) is 3.00. The van der Waals surface area contributed by atoms with Crippen molar-refractivity contribution in [2.45, 2.75) is 26.2 Å². The Hall–Kier alpha value is -0.410. The molecule has 1 aromatic carbocycles. The van der Waals surface area contributed by atoms with Crippen LogP contribution < -0.4 is 5.32 Å². The number of halogens is 2. The van der Waals surface area contributed by atoms with Crippen LogP contribution in [-0.4, -0.2) is 13.1 Å². The second kappa shape index (κ2) is 4.84. The summed E-state index contributed by atoms with van der Waals surface area (Å²) >= 11 is 3.44. The summed E-state index contributed by atoms with van der Waals surface area (Å²) in [6, 6.07) is 4.99. The van der Waals surface area contributed by atoms with Gasteiger partial charge in [0.1, 0.15) is 5.82 Å². The third-order valence-corrected chi connectivity index (χ3v) is 4.03. The molecule has 0 unspecified atom stereocenters. The number of hydrogen-bond donors (Lipinski definition) is 1. The topological polar surface area (TPSA) is 12.0 Å². The van der Waals surface area contributed by atoms with Crippen LogP contribution in [0.15, 0.2) is 22.7 Å². The van der Waals surface area contributed by atoms with Crippen molar-refractivity contribution in [2.75, 3.05) is 13.1 Å². The molecule has 0 heterocycles.